The minimum absolute atomic E-state index is 0.631. The van der Waals surface area contributed by atoms with Crippen LogP contribution >= 0.6 is 18.6 Å². The van der Waals surface area contributed by atoms with Crippen molar-refractivity contribution in [3.8, 4) is 6.07 Å². The predicted molar refractivity (Wildman–Crippen MR) is 115 cm³/mol. The molecule has 0 saturated heterocycles. The first kappa shape index (κ1) is 19.6. The fraction of sp³-hybridized carbons (Fsp3) is 0.227. The van der Waals surface area contributed by atoms with Gasteiger partial charge in [0.15, 0.2) is 0 Å². The number of hydrogen-bond acceptors (Lipinski definition) is 3. The van der Waals surface area contributed by atoms with Gasteiger partial charge < -0.3 is 0 Å². The Kier molecular flexibility index (Phi) is 5.67. The monoisotopic (exact) mass is 394 g/mol. The summed E-state index contributed by atoms with van der Waals surface area (Å²) >= 11 is 1.50. The number of benzene rings is 2. The number of thiophene rings is 1. The number of rotatable bonds is 5. The SMILES string of the molecule is Cc1cccc(C)c1P(=O)(N[C@@H](C#N)c1cccs1)c1c(C)cccc1C. The highest BCUT2D eigenvalue weighted by atomic mass is 32.1. The summed E-state index contributed by atoms with van der Waals surface area (Å²) < 4.78 is 14.7. The van der Waals surface area contributed by atoms with Crippen LogP contribution in [0.2, 0.25) is 0 Å². The maximum Gasteiger partial charge on any atom is 0.207 e. The molecule has 3 aromatic rings. The summed E-state index contributed by atoms with van der Waals surface area (Å²) in [4.78, 5) is 0.871. The van der Waals surface area contributed by atoms with Gasteiger partial charge in [-0.15, -0.1) is 11.3 Å². The van der Waals surface area contributed by atoms with E-state index in [1.807, 2.05) is 81.6 Å². The third-order valence-electron chi connectivity index (χ3n) is 4.78. The summed E-state index contributed by atoms with van der Waals surface area (Å²) in [6.45, 7) is 7.93. The van der Waals surface area contributed by atoms with Gasteiger partial charge in [-0.2, -0.15) is 5.26 Å². The lowest BCUT2D eigenvalue weighted by molar-refractivity contribution is 0.574. The highest BCUT2D eigenvalue weighted by Gasteiger charge is 2.36. The number of hydrogen-bond donors (Lipinski definition) is 1. The van der Waals surface area contributed by atoms with E-state index in [2.05, 4.69) is 11.2 Å². The van der Waals surface area contributed by atoms with Crippen LogP contribution in [-0.2, 0) is 4.57 Å². The van der Waals surface area contributed by atoms with Crippen molar-refractivity contribution in [3.05, 3.63) is 81.0 Å². The Bertz CT molecular complexity index is 955. The van der Waals surface area contributed by atoms with Crippen LogP contribution < -0.4 is 15.7 Å². The molecule has 0 unspecified atom stereocenters. The third kappa shape index (κ3) is 3.64. The molecular formula is C22H23N2OPS. The minimum Gasteiger partial charge on any atom is -0.296 e. The maximum atomic E-state index is 14.7. The molecule has 27 heavy (non-hydrogen) atoms. The van der Waals surface area contributed by atoms with Crippen molar-refractivity contribution in [3.63, 3.8) is 0 Å². The zero-order valence-corrected chi connectivity index (χ0v) is 17.7. The summed E-state index contributed by atoms with van der Waals surface area (Å²) in [5.41, 5.74) is 3.88. The Morgan fingerprint density at radius 2 is 1.37 bits per heavy atom. The first-order chi connectivity index (χ1) is 12.9. The lowest BCUT2D eigenvalue weighted by atomic mass is 10.1. The number of nitrogens with one attached hydrogen (secondary N) is 1. The topological polar surface area (TPSA) is 52.9 Å². The lowest BCUT2D eigenvalue weighted by Gasteiger charge is -2.28. The van der Waals surface area contributed by atoms with E-state index in [9.17, 15) is 9.83 Å². The van der Waals surface area contributed by atoms with Gasteiger partial charge >= 0.3 is 0 Å². The van der Waals surface area contributed by atoms with Crippen LogP contribution in [-0.4, -0.2) is 0 Å². The Balaban J connectivity index is 2.28. The highest BCUT2D eigenvalue weighted by molar-refractivity contribution is 7.77. The Morgan fingerprint density at radius 1 is 0.889 bits per heavy atom. The zero-order valence-electron chi connectivity index (χ0n) is 16.0. The molecule has 0 aliphatic carbocycles. The molecular weight excluding hydrogens is 371 g/mol. The number of nitriles is 1. The maximum absolute atomic E-state index is 14.7. The number of aryl methyl sites for hydroxylation is 4. The van der Waals surface area contributed by atoms with Crippen LogP contribution in [0, 0.1) is 39.0 Å². The molecule has 1 aromatic heterocycles. The first-order valence-corrected chi connectivity index (χ1v) is 11.4. The van der Waals surface area contributed by atoms with Crippen LogP contribution in [0.25, 0.3) is 0 Å². The van der Waals surface area contributed by atoms with Crippen LogP contribution in [0.1, 0.15) is 33.2 Å². The van der Waals surface area contributed by atoms with Gasteiger partial charge in [-0.25, -0.2) is 5.09 Å². The van der Waals surface area contributed by atoms with E-state index in [1.165, 1.54) is 11.3 Å². The molecule has 138 valence electrons. The quantitative estimate of drug-likeness (QED) is 0.615. The fourth-order valence-corrected chi connectivity index (χ4v) is 7.77. The van der Waals surface area contributed by atoms with E-state index in [-0.39, 0.29) is 0 Å². The molecule has 0 spiro atoms. The molecule has 2 aromatic carbocycles. The van der Waals surface area contributed by atoms with Crippen molar-refractivity contribution in [1.29, 1.82) is 5.26 Å². The molecule has 0 aliphatic rings. The zero-order chi connectivity index (χ0) is 19.6. The smallest absolute Gasteiger partial charge is 0.207 e. The summed E-state index contributed by atoms with van der Waals surface area (Å²) in [5.74, 6) is 0. The van der Waals surface area contributed by atoms with Gasteiger partial charge in [-0.1, -0.05) is 42.5 Å². The molecule has 1 heterocycles. The third-order valence-corrected chi connectivity index (χ3v) is 9.01. The van der Waals surface area contributed by atoms with Crippen molar-refractivity contribution in [2.24, 2.45) is 0 Å². The molecule has 1 N–H and O–H groups in total. The van der Waals surface area contributed by atoms with Gasteiger partial charge in [0, 0.05) is 15.5 Å². The van der Waals surface area contributed by atoms with E-state index < -0.39 is 13.3 Å². The van der Waals surface area contributed by atoms with Gasteiger partial charge in [0.1, 0.15) is 6.04 Å². The summed E-state index contributed by atoms with van der Waals surface area (Å²) in [6.07, 6.45) is 0. The molecule has 3 rings (SSSR count). The van der Waals surface area contributed by atoms with E-state index in [4.69, 9.17) is 0 Å². The normalized spacial score (nSPS) is 12.6. The minimum atomic E-state index is -3.25. The van der Waals surface area contributed by atoms with E-state index >= 15 is 0 Å². The second-order valence-electron chi connectivity index (χ2n) is 6.80. The molecule has 1 atom stereocenters. The Labute approximate surface area is 165 Å². The molecule has 0 amide bonds. The largest absolute Gasteiger partial charge is 0.296 e. The second-order valence-corrected chi connectivity index (χ2v) is 10.1. The molecule has 0 bridgehead atoms. The van der Waals surface area contributed by atoms with Crippen molar-refractivity contribution >= 4 is 29.2 Å². The van der Waals surface area contributed by atoms with Gasteiger partial charge in [-0.05, 0) is 61.4 Å². The molecule has 3 nitrogen and oxygen atoms in total. The van der Waals surface area contributed by atoms with E-state index in [1.54, 1.807) is 0 Å². The molecule has 0 radical (unpaired) electrons. The summed E-state index contributed by atoms with van der Waals surface area (Å²) in [6, 6.07) is 17.4. The fourth-order valence-electron chi connectivity index (χ4n) is 3.64. The standard InChI is InChI=1S/C22H23N2OPS/c1-15-8-5-9-16(2)21(15)26(25,22-17(3)10-6-11-18(22)4)24-19(14-23)20-12-7-13-27-20/h5-13,19H,1-4H3,(H,24,25)/t19-/m0/s1. The predicted octanol–water partition coefficient (Wildman–Crippen LogP) is 5.07. The molecule has 0 saturated carbocycles. The van der Waals surface area contributed by atoms with E-state index in [0.717, 1.165) is 37.7 Å². The van der Waals surface area contributed by atoms with Crippen molar-refractivity contribution in [1.82, 2.24) is 5.09 Å². The van der Waals surface area contributed by atoms with Crippen molar-refractivity contribution in [2.75, 3.05) is 0 Å². The van der Waals surface area contributed by atoms with E-state index in [0.29, 0.717) is 0 Å². The van der Waals surface area contributed by atoms with Crippen molar-refractivity contribution in [2.45, 2.75) is 33.7 Å². The summed E-state index contributed by atoms with van der Waals surface area (Å²) in [5, 5.41) is 16.6. The molecule has 5 heteroatoms. The van der Waals surface area contributed by atoms with Crippen LogP contribution in [0.15, 0.2) is 53.9 Å². The molecule has 0 fully saturated rings. The van der Waals surface area contributed by atoms with Gasteiger partial charge in [0.05, 0.1) is 6.07 Å². The lowest BCUT2D eigenvalue weighted by Crippen LogP contribution is -2.34. The highest BCUT2D eigenvalue weighted by Crippen LogP contribution is 2.45. The van der Waals surface area contributed by atoms with Gasteiger partial charge in [0.25, 0.3) is 0 Å². The van der Waals surface area contributed by atoms with Crippen LogP contribution in [0.5, 0.6) is 0 Å². The number of nitrogens with zero attached hydrogens (tertiary/aromatic N) is 1. The Morgan fingerprint density at radius 3 is 1.74 bits per heavy atom. The second kappa shape index (κ2) is 7.82. The van der Waals surface area contributed by atoms with Gasteiger partial charge in [0.2, 0.25) is 7.29 Å². The van der Waals surface area contributed by atoms with Crippen LogP contribution in [0.4, 0.5) is 0 Å². The Hall–Kier alpha value is -2.18. The van der Waals surface area contributed by atoms with Crippen LogP contribution in [0.3, 0.4) is 0 Å². The summed E-state index contributed by atoms with van der Waals surface area (Å²) in [7, 11) is -3.25. The average molecular weight is 394 g/mol. The molecule has 0 aliphatic heterocycles. The van der Waals surface area contributed by atoms with Gasteiger partial charge in [-0.3, -0.25) is 4.57 Å². The first-order valence-electron chi connectivity index (χ1n) is 8.83. The average Bonchev–Trinajstić information content (AvgIpc) is 3.14. The van der Waals surface area contributed by atoms with Crippen molar-refractivity contribution < 1.29 is 4.57 Å².